The van der Waals surface area contributed by atoms with Crippen molar-refractivity contribution in [3.63, 3.8) is 0 Å². The highest BCUT2D eigenvalue weighted by Gasteiger charge is 2.43. The van der Waals surface area contributed by atoms with Gasteiger partial charge in [-0.25, -0.2) is 0 Å². The van der Waals surface area contributed by atoms with Crippen molar-refractivity contribution in [2.45, 2.75) is 63.1 Å². The maximum Gasteiger partial charge on any atom is 0.253 e. The largest absolute Gasteiger partial charge is 0.365 e. The van der Waals surface area contributed by atoms with Crippen LogP contribution >= 0.6 is 0 Å². The van der Waals surface area contributed by atoms with Crippen molar-refractivity contribution in [3.8, 4) is 0 Å². The summed E-state index contributed by atoms with van der Waals surface area (Å²) in [6.07, 6.45) is 8.41. The van der Waals surface area contributed by atoms with Crippen LogP contribution in [-0.2, 0) is 16.9 Å². The molecule has 146 valence electrons. The summed E-state index contributed by atoms with van der Waals surface area (Å²) >= 11 is 0. The summed E-state index contributed by atoms with van der Waals surface area (Å²) in [5.74, 6) is 0.851. The zero-order valence-electron chi connectivity index (χ0n) is 16.5. The standard InChI is InChI=1S/C25H29NO2/c27-24(21-12-10-20(11-13-21)19-6-2-1-3-7-19)26-16-14-25(15-17-26)23-9-5-4-8-22(23)18-28-25/h4-5,8-13,19H,1-3,6-7,14-18H2. The number of amides is 1. The molecule has 3 heteroatoms. The number of rotatable bonds is 2. The van der Waals surface area contributed by atoms with E-state index < -0.39 is 0 Å². The van der Waals surface area contributed by atoms with Crippen LogP contribution in [0.4, 0.5) is 0 Å². The van der Waals surface area contributed by atoms with Crippen LogP contribution in [0.1, 0.15) is 77.9 Å². The van der Waals surface area contributed by atoms with Crippen LogP contribution in [0.25, 0.3) is 0 Å². The molecule has 2 fully saturated rings. The Balaban J connectivity index is 1.25. The lowest BCUT2D eigenvalue weighted by molar-refractivity contribution is -0.0741. The molecule has 2 aromatic carbocycles. The van der Waals surface area contributed by atoms with Crippen molar-refractivity contribution in [1.29, 1.82) is 0 Å². The number of fused-ring (bicyclic) bond motifs is 2. The van der Waals surface area contributed by atoms with Gasteiger partial charge in [-0.05, 0) is 60.4 Å². The number of ether oxygens (including phenoxy) is 1. The molecule has 0 atom stereocenters. The van der Waals surface area contributed by atoms with E-state index in [0.717, 1.165) is 31.5 Å². The first-order valence-corrected chi connectivity index (χ1v) is 10.9. The minimum atomic E-state index is -0.182. The molecule has 2 heterocycles. The molecule has 0 aromatic heterocycles. The molecular formula is C25H29NO2. The van der Waals surface area contributed by atoms with Crippen LogP contribution in [0.2, 0.25) is 0 Å². The minimum absolute atomic E-state index is 0.163. The summed E-state index contributed by atoms with van der Waals surface area (Å²) in [6.45, 7) is 2.22. The van der Waals surface area contributed by atoms with Gasteiger partial charge in [-0.15, -0.1) is 0 Å². The summed E-state index contributed by atoms with van der Waals surface area (Å²) in [6, 6.07) is 17.0. The first-order chi connectivity index (χ1) is 13.8. The average Bonchev–Trinajstić information content (AvgIpc) is 3.13. The first-order valence-electron chi connectivity index (χ1n) is 10.9. The Bertz CT molecular complexity index is 843. The molecule has 1 aliphatic carbocycles. The van der Waals surface area contributed by atoms with Crippen molar-refractivity contribution in [2.75, 3.05) is 13.1 Å². The second-order valence-electron chi connectivity index (χ2n) is 8.69. The number of piperidine rings is 1. The molecule has 1 spiro atoms. The van der Waals surface area contributed by atoms with Gasteiger partial charge in [-0.2, -0.15) is 0 Å². The first kappa shape index (κ1) is 17.9. The molecule has 0 unspecified atom stereocenters. The van der Waals surface area contributed by atoms with E-state index in [2.05, 4.69) is 36.4 Å². The minimum Gasteiger partial charge on any atom is -0.365 e. The van der Waals surface area contributed by atoms with Gasteiger partial charge in [0, 0.05) is 18.7 Å². The summed E-state index contributed by atoms with van der Waals surface area (Å²) in [4.78, 5) is 15.0. The monoisotopic (exact) mass is 375 g/mol. The third kappa shape index (κ3) is 3.16. The number of nitrogens with zero attached hydrogens (tertiary/aromatic N) is 1. The normalized spacial score (nSPS) is 21.6. The van der Waals surface area contributed by atoms with Gasteiger partial charge in [-0.3, -0.25) is 4.79 Å². The summed E-state index contributed by atoms with van der Waals surface area (Å²) in [7, 11) is 0. The highest BCUT2D eigenvalue weighted by atomic mass is 16.5. The SMILES string of the molecule is O=C(c1ccc(C2CCCCC2)cc1)N1CCC2(CC1)OCc1ccccc12. The number of carbonyl (C=O) groups is 1. The highest BCUT2D eigenvalue weighted by Crippen LogP contribution is 2.44. The number of benzene rings is 2. The molecule has 1 saturated carbocycles. The average molecular weight is 376 g/mol. The van der Waals surface area contributed by atoms with Crippen LogP contribution in [0.3, 0.4) is 0 Å². The molecular weight excluding hydrogens is 346 g/mol. The zero-order valence-corrected chi connectivity index (χ0v) is 16.5. The van der Waals surface area contributed by atoms with Gasteiger partial charge in [-0.1, -0.05) is 55.7 Å². The molecule has 3 aliphatic rings. The highest BCUT2D eigenvalue weighted by molar-refractivity contribution is 5.94. The fourth-order valence-corrected chi connectivity index (χ4v) is 5.39. The van der Waals surface area contributed by atoms with Gasteiger partial charge in [0.1, 0.15) is 0 Å². The molecule has 0 N–H and O–H groups in total. The maximum absolute atomic E-state index is 13.0. The molecule has 5 rings (SSSR count). The third-order valence-corrected chi connectivity index (χ3v) is 7.10. The Morgan fingerprint density at radius 2 is 1.64 bits per heavy atom. The van der Waals surface area contributed by atoms with E-state index in [9.17, 15) is 4.79 Å². The summed E-state index contributed by atoms with van der Waals surface area (Å²) < 4.78 is 6.23. The lowest BCUT2D eigenvalue weighted by atomic mass is 9.83. The van der Waals surface area contributed by atoms with Gasteiger partial charge in [0.05, 0.1) is 12.2 Å². The molecule has 0 bridgehead atoms. The molecule has 2 aliphatic heterocycles. The lowest BCUT2D eigenvalue weighted by Crippen LogP contribution is -2.45. The number of carbonyl (C=O) groups excluding carboxylic acids is 1. The fourth-order valence-electron chi connectivity index (χ4n) is 5.39. The lowest BCUT2D eigenvalue weighted by Gasteiger charge is -2.39. The van der Waals surface area contributed by atoms with E-state index in [1.807, 2.05) is 17.0 Å². The van der Waals surface area contributed by atoms with Crippen molar-refractivity contribution < 1.29 is 9.53 Å². The van der Waals surface area contributed by atoms with Crippen LogP contribution in [-0.4, -0.2) is 23.9 Å². The van der Waals surface area contributed by atoms with Crippen LogP contribution < -0.4 is 0 Å². The van der Waals surface area contributed by atoms with Gasteiger partial charge >= 0.3 is 0 Å². The topological polar surface area (TPSA) is 29.5 Å². The smallest absolute Gasteiger partial charge is 0.253 e. The number of likely N-dealkylation sites (tertiary alicyclic amines) is 1. The number of hydrogen-bond donors (Lipinski definition) is 0. The van der Waals surface area contributed by atoms with Crippen molar-refractivity contribution in [3.05, 3.63) is 70.8 Å². The maximum atomic E-state index is 13.0. The molecule has 0 radical (unpaired) electrons. The van der Waals surface area contributed by atoms with Crippen LogP contribution in [0, 0.1) is 0 Å². The fraction of sp³-hybridized carbons (Fsp3) is 0.480. The molecule has 1 saturated heterocycles. The Morgan fingerprint density at radius 3 is 2.39 bits per heavy atom. The predicted molar refractivity (Wildman–Crippen MR) is 110 cm³/mol. The quantitative estimate of drug-likeness (QED) is 0.704. The van der Waals surface area contributed by atoms with Gasteiger partial charge in [0.2, 0.25) is 0 Å². The van der Waals surface area contributed by atoms with Gasteiger partial charge in [0.15, 0.2) is 0 Å². The molecule has 28 heavy (non-hydrogen) atoms. The van der Waals surface area contributed by atoms with Gasteiger partial charge < -0.3 is 9.64 Å². The third-order valence-electron chi connectivity index (χ3n) is 7.10. The Hall–Kier alpha value is -2.13. The van der Waals surface area contributed by atoms with Crippen LogP contribution in [0.15, 0.2) is 48.5 Å². The van der Waals surface area contributed by atoms with E-state index in [-0.39, 0.29) is 11.5 Å². The van der Waals surface area contributed by atoms with E-state index in [1.54, 1.807) is 0 Å². The second-order valence-corrected chi connectivity index (χ2v) is 8.69. The van der Waals surface area contributed by atoms with Gasteiger partial charge in [0.25, 0.3) is 5.91 Å². The number of hydrogen-bond acceptors (Lipinski definition) is 2. The molecule has 1 amide bonds. The summed E-state index contributed by atoms with van der Waals surface area (Å²) in [5, 5.41) is 0. The molecule has 2 aromatic rings. The molecule has 3 nitrogen and oxygen atoms in total. The van der Waals surface area contributed by atoms with E-state index in [0.29, 0.717) is 12.5 Å². The van der Waals surface area contributed by atoms with Crippen molar-refractivity contribution >= 4 is 5.91 Å². The predicted octanol–water partition coefficient (Wildman–Crippen LogP) is 5.40. The second kappa shape index (κ2) is 7.36. The van der Waals surface area contributed by atoms with E-state index in [1.165, 1.54) is 48.8 Å². The zero-order chi connectivity index (χ0) is 19.0. The Kier molecular flexibility index (Phi) is 4.72. The Morgan fingerprint density at radius 1 is 0.929 bits per heavy atom. The Labute approximate surface area is 167 Å². The van der Waals surface area contributed by atoms with E-state index in [4.69, 9.17) is 4.74 Å². The van der Waals surface area contributed by atoms with Crippen molar-refractivity contribution in [1.82, 2.24) is 4.90 Å². The van der Waals surface area contributed by atoms with Crippen molar-refractivity contribution in [2.24, 2.45) is 0 Å². The van der Waals surface area contributed by atoms with Crippen LogP contribution in [0.5, 0.6) is 0 Å². The van der Waals surface area contributed by atoms with E-state index >= 15 is 0 Å². The summed E-state index contributed by atoms with van der Waals surface area (Å²) in [5.41, 5.74) is 4.69.